The Labute approximate surface area is 161 Å². The summed E-state index contributed by atoms with van der Waals surface area (Å²) in [4.78, 5) is 39.7. The highest BCUT2D eigenvalue weighted by atomic mass is 32.1. The van der Waals surface area contributed by atoms with Gasteiger partial charge >= 0.3 is 0 Å². The lowest BCUT2D eigenvalue weighted by Crippen LogP contribution is -2.47. The van der Waals surface area contributed by atoms with Crippen molar-refractivity contribution in [3.63, 3.8) is 0 Å². The van der Waals surface area contributed by atoms with Gasteiger partial charge in [-0.3, -0.25) is 19.3 Å². The average molecular weight is 376 g/mol. The zero-order valence-electron chi connectivity index (χ0n) is 15.9. The van der Waals surface area contributed by atoms with E-state index in [9.17, 15) is 14.4 Å². The predicted octanol–water partition coefficient (Wildman–Crippen LogP) is 3.66. The van der Waals surface area contributed by atoms with E-state index >= 15 is 0 Å². The van der Waals surface area contributed by atoms with Gasteiger partial charge in [-0.15, -0.1) is 12.6 Å². The van der Waals surface area contributed by atoms with Crippen molar-refractivity contribution in [2.75, 3.05) is 13.1 Å². The fraction of sp³-hybridized carbons (Fsp3) is 0.571. The number of hydrogen-bond acceptors (Lipinski definition) is 4. The number of Topliss-reactive ketones (excluding diaryl/α,β-unsaturated/α-hetero) is 2. The van der Waals surface area contributed by atoms with Crippen molar-refractivity contribution >= 4 is 29.3 Å². The van der Waals surface area contributed by atoms with E-state index in [0.717, 1.165) is 37.9 Å². The van der Waals surface area contributed by atoms with Crippen molar-refractivity contribution in [2.45, 2.75) is 58.4 Å². The molecule has 1 aliphatic heterocycles. The molecule has 0 spiro atoms. The van der Waals surface area contributed by atoms with Crippen molar-refractivity contribution in [1.29, 1.82) is 0 Å². The van der Waals surface area contributed by atoms with Crippen LogP contribution in [-0.2, 0) is 14.4 Å². The maximum absolute atomic E-state index is 12.7. The summed E-state index contributed by atoms with van der Waals surface area (Å²) in [6.07, 6.45) is 3.30. The monoisotopic (exact) mass is 375 g/mol. The molecule has 142 valence electrons. The summed E-state index contributed by atoms with van der Waals surface area (Å²) in [6, 6.07) is 9.12. The van der Waals surface area contributed by atoms with Crippen molar-refractivity contribution in [1.82, 2.24) is 4.90 Å². The molecule has 0 N–H and O–H groups in total. The smallest absolute Gasteiger partial charge is 0.203 e. The number of hydrogen-bond donors (Lipinski definition) is 1. The molecule has 1 aromatic rings. The summed E-state index contributed by atoms with van der Waals surface area (Å²) in [5, 5.41) is -0.261. The van der Waals surface area contributed by atoms with Crippen molar-refractivity contribution in [3.05, 3.63) is 35.9 Å². The minimum absolute atomic E-state index is 0.0575. The van der Waals surface area contributed by atoms with Crippen LogP contribution in [0.25, 0.3) is 0 Å². The van der Waals surface area contributed by atoms with Crippen LogP contribution in [0.2, 0.25) is 0 Å². The van der Waals surface area contributed by atoms with Gasteiger partial charge < -0.3 is 0 Å². The zero-order valence-corrected chi connectivity index (χ0v) is 16.8. The molecule has 0 aliphatic carbocycles. The number of thiol groups is 1. The lowest BCUT2D eigenvalue weighted by molar-refractivity contribution is -0.142. The van der Waals surface area contributed by atoms with E-state index in [0.29, 0.717) is 0 Å². The van der Waals surface area contributed by atoms with Gasteiger partial charge in [0.2, 0.25) is 11.6 Å². The summed E-state index contributed by atoms with van der Waals surface area (Å²) in [5.41, 5.74) is 0.135. The third-order valence-corrected chi connectivity index (χ3v) is 5.28. The van der Waals surface area contributed by atoms with E-state index in [4.69, 9.17) is 0 Å². The molecule has 2 atom stereocenters. The molecule has 1 aromatic carbocycles. The lowest BCUT2D eigenvalue weighted by Gasteiger charge is -2.38. The molecule has 0 saturated carbocycles. The van der Waals surface area contributed by atoms with E-state index in [1.165, 1.54) is 0 Å². The maximum atomic E-state index is 12.7. The summed E-state index contributed by atoms with van der Waals surface area (Å²) in [7, 11) is 0. The second-order valence-electron chi connectivity index (χ2n) is 8.10. The molecule has 4 nitrogen and oxygen atoms in total. The molecular formula is C21H29NO3S. The molecule has 1 heterocycles. The number of likely N-dealkylation sites (tertiary alicyclic amines) is 1. The van der Waals surface area contributed by atoms with Crippen LogP contribution in [0.4, 0.5) is 0 Å². The first kappa shape index (κ1) is 20.8. The van der Waals surface area contributed by atoms with E-state index in [1.54, 1.807) is 20.8 Å². The van der Waals surface area contributed by atoms with E-state index in [2.05, 4.69) is 17.5 Å². The van der Waals surface area contributed by atoms with Crippen LogP contribution in [0.5, 0.6) is 0 Å². The molecule has 0 radical (unpaired) electrons. The van der Waals surface area contributed by atoms with Crippen molar-refractivity contribution in [3.8, 4) is 0 Å². The molecular weight excluding hydrogens is 346 g/mol. The zero-order chi connectivity index (χ0) is 19.3. The Hall–Kier alpha value is -1.46. The molecule has 2 rings (SSSR count). The Bertz CT molecular complexity index is 645. The number of carbonyl (C=O) groups is 3. The van der Waals surface area contributed by atoms with Gasteiger partial charge in [-0.1, -0.05) is 57.5 Å². The molecule has 0 aromatic heterocycles. The summed E-state index contributed by atoms with van der Waals surface area (Å²) in [5.74, 6) is -1.30. The molecule has 26 heavy (non-hydrogen) atoms. The molecule has 1 fully saturated rings. The van der Waals surface area contributed by atoms with Crippen molar-refractivity contribution in [2.24, 2.45) is 5.41 Å². The third-order valence-electron chi connectivity index (χ3n) is 5.00. The molecule has 0 amide bonds. The highest BCUT2D eigenvalue weighted by Gasteiger charge is 2.38. The number of carbonyl (C=O) groups excluding carboxylic acids is 3. The van der Waals surface area contributed by atoms with Gasteiger partial charge in [0, 0.05) is 17.9 Å². The van der Waals surface area contributed by atoms with Crippen LogP contribution in [0.1, 0.15) is 57.9 Å². The molecule has 1 aliphatic rings. The first-order valence-corrected chi connectivity index (χ1v) is 9.76. The van der Waals surface area contributed by atoms with E-state index < -0.39 is 17.1 Å². The standard InChI is InChI=1S/C21H29NO3S/c1-21(2,3)19(24)17(23)14-16(22-12-8-5-9-13-22)18(20(25)26)15-10-6-4-7-11-15/h4,6-7,10-11,16,18H,5,8-9,12-14H2,1-3H3,(H,25,26). The van der Waals surface area contributed by atoms with E-state index in [-0.39, 0.29) is 23.4 Å². The average Bonchev–Trinajstić information content (AvgIpc) is 2.61. The van der Waals surface area contributed by atoms with Gasteiger partial charge in [-0.05, 0) is 31.5 Å². The molecule has 1 saturated heterocycles. The maximum Gasteiger partial charge on any atom is 0.203 e. The van der Waals surface area contributed by atoms with Crippen LogP contribution in [0.3, 0.4) is 0 Å². The van der Waals surface area contributed by atoms with Gasteiger partial charge in [0.15, 0.2) is 5.12 Å². The SMILES string of the molecule is CC(C)(C)C(=O)C(=O)CC(C(C(=O)S)c1ccccc1)N1CCCCC1. The highest BCUT2D eigenvalue weighted by Crippen LogP contribution is 2.31. The molecule has 5 heteroatoms. The summed E-state index contributed by atoms with van der Waals surface area (Å²) < 4.78 is 0. The third kappa shape index (κ3) is 5.27. The summed E-state index contributed by atoms with van der Waals surface area (Å²) in [6.45, 7) is 6.93. The Balaban J connectivity index is 2.34. The first-order valence-electron chi connectivity index (χ1n) is 9.31. The largest absolute Gasteiger partial charge is 0.299 e. The predicted molar refractivity (Wildman–Crippen MR) is 106 cm³/mol. The molecule has 0 bridgehead atoms. The first-order chi connectivity index (χ1) is 12.2. The topological polar surface area (TPSA) is 54.5 Å². The lowest BCUT2D eigenvalue weighted by atomic mass is 9.82. The van der Waals surface area contributed by atoms with Gasteiger partial charge in [0.25, 0.3) is 0 Å². The number of rotatable bonds is 7. The second kappa shape index (κ2) is 8.96. The number of ketones is 2. The quantitative estimate of drug-likeness (QED) is 0.584. The van der Waals surface area contributed by atoms with Gasteiger partial charge in [0.05, 0.1) is 5.92 Å². The number of nitrogens with zero attached hydrogens (tertiary/aromatic N) is 1. The highest BCUT2D eigenvalue weighted by molar-refractivity contribution is 7.96. The minimum atomic E-state index is -0.712. The van der Waals surface area contributed by atoms with Gasteiger partial charge in [-0.25, -0.2) is 0 Å². The Morgan fingerprint density at radius 2 is 1.62 bits per heavy atom. The second-order valence-corrected chi connectivity index (χ2v) is 8.54. The van der Waals surface area contributed by atoms with Crippen LogP contribution in [-0.4, -0.2) is 40.7 Å². The summed E-state index contributed by atoms with van der Waals surface area (Å²) >= 11 is 4.13. The Morgan fingerprint density at radius 1 is 1.04 bits per heavy atom. The van der Waals surface area contributed by atoms with Crippen LogP contribution in [0, 0.1) is 5.41 Å². The van der Waals surface area contributed by atoms with Gasteiger partial charge in [0.1, 0.15) is 0 Å². The minimum Gasteiger partial charge on any atom is -0.299 e. The number of benzene rings is 1. The number of piperidine rings is 1. The van der Waals surface area contributed by atoms with Crippen LogP contribution in [0.15, 0.2) is 30.3 Å². The Morgan fingerprint density at radius 3 is 2.12 bits per heavy atom. The fourth-order valence-electron chi connectivity index (χ4n) is 3.60. The van der Waals surface area contributed by atoms with Gasteiger partial charge in [-0.2, -0.15) is 0 Å². The van der Waals surface area contributed by atoms with Crippen LogP contribution < -0.4 is 0 Å². The van der Waals surface area contributed by atoms with Crippen molar-refractivity contribution < 1.29 is 14.4 Å². The van der Waals surface area contributed by atoms with Crippen LogP contribution >= 0.6 is 12.6 Å². The normalized spacial score (nSPS) is 18.2. The molecule has 2 unspecified atom stereocenters. The Kier molecular flexibility index (Phi) is 7.18. The van der Waals surface area contributed by atoms with E-state index in [1.807, 2.05) is 30.3 Å². The fourth-order valence-corrected chi connectivity index (χ4v) is 3.92.